The molecule has 0 amide bonds. The zero-order valence-electron chi connectivity index (χ0n) is 23.8. The Bertz CT molecular complexity index is 702. The van der Waals surface area contributed by atoms with E-state index in [0.29, 0.717) is 0 Å². The molecule has 0 aromatic rings. The van der Waals surface area contributed by atoms with Crippen LogP contribution >= 0.6 is 0 Å². The highest BCUT2D eigenvalue weighted by Gasteiger charge is 2.47. The van der Waals surface area contributed by atoms with Crippen molar-refractivity contribution in [3.8, 4) is 0 Å². The fraction of sp³-hybridized carbons (Fsp3) is 0.909. The molecule has 0 aromatic heterocycles. The van der Waals surface area contributed by atoms with Crippen molar-refractivity contribution in [3.05, 3.63) is 12.2 Å². The zero-order chi connectivity index (χ0) is 25.5. The summed E-state index contributed by atoms with van der Waals surface area (Å²) in [5.41, 5.74) is 0. The maximum Gasteiger partial charge on any atom is 0.314 e. The van der Waals surface area contributed by atoms with Gasteiger partial charge in [-0.3, -0.25) is 0 Å². The monoisotopic (exact) mass is 564 g/mol. The van der Waals surface area contributed by atoms with Crippen molar-refractivity contribution in [3.63, 3.8) is 0 Å². The van der Waals surface area contributed by atoms with Gasteiger partial charge in [-0.05, 0) is 122 Å². The lowest BCUT2D eigenvalue weighted by atomic mass is 9.91. The summed E-state index contributed by atoms with van der Waals surface area (Å²) in [7, 11) is -12.9. The molecule has 2 bridgehead atoms. The Hall–Kier alpha value is 0.841. The Morgan fingerprint density at radius 3 is 1.42 bits per heavy atom. The van der Waals surface area contributed by atoms with Crippen LogP contribution in [0.4, 0.5) is 0 Å². The minimum Gasteiger partial charge on any atom is -0.437 e. The van der Waals surface area contributed by atoms with Crippen molar-refractivity contribution in [1.82, 2.24) is 0 Å². The predicted octanol–water partition coefficient (Wildman–Crippen LogP) is 7.52. The van der Waals surface area contributed by atoms with E-state index >= 15 is 0 Å². The van der Waals surface area contributed by atoms with Crippen molar-refractivity contribution in [2.24, 2.45) is 17.8 Å². The standard InChI is InChI=1S/C22H52O5Si6/c1-28(2,3)23-30(6,7)25-32(10,11)27-33(12,13)26-31(8,9)24-29(4,5)17-16-22-19-20-14-15-21(22)18-20/h14-15,20-22H,16-19H2,1-13H3. The van der Waals surface area contributed by atoms with Gasteiger partial charge in [0, 0.05) is 0 Å². The first-order chi connectivity index (χ1) is 14.6. The third-order valence-electron chi connectivity index (χ3n) is 6.08. The van der Waals surface area contributed by atoms with E-state index in [0.717, 1.165) is 17.8 Å². The molecule has 0 aliphatic heterocycles. The summed E-state index contributed by atoms with van der Waals surface area (Å²) >= 11 is 0. The zero-order valence-corrected chi connectivity index (χ0v) is 29.8. The quantitative estimate of drug-likeness (QED) is 0.171. The van der Waals surface area contributed by atoms with Crippen molar-refractivity contribution in [2.75, 3.05) is 0 Å². The van der Waals surface area contributed by atoms with E-state index in [-0.39, 0.29) is 0 Å². The maximum atomic E-state index is 6.84. The first kappa shape index (κ1) is 30.1. The first-order valence-electron chi connectivity index (χ1n) is 12.8. The van der Waals surface area contributed by atoms with Crippen LogP contribution in [0.15, 0.2) is 12.2 Å². The highest BCUT2D eigenvalue weighted by atomic mass is 28.5. The summed E-state index contributed by atoms with van der Waals surface area (Å²) in [4.78, 5) is 0. The van der Waals surface area contributed by atoms with E-state index in [1.165, 1.54) is 25.3 Å². The van der Waals surface area contributed by atoms with Crippen LogP contribution < -0.4 is 0 Å². The van der Waals surface area contributed by atoms with Gasteiger partial charge in [0.1, 0.15) is 0 Å². The topological polar surface area (TPSA) is 46.2 Å². The Morgan fingerprint density at radius 2 is 1.03 bits per heavy atom. The van der Waals surface area contributed by atoms with Crippen molar-refractivity contribution in [2.45, 2.75) is 110 Å². The van der Waals surface area contributed by atoms with Gasteiger partial charge in [-0.2, -0.15) is 0 Å². The summed E-state index contributed by atoms with van der Waals surface area (Å²) in [5.74, 6) is 2.54. The highest BCUT2D eigenvalue weighted by Crippen LogP contribution is 2.46. The summed E-state index contributed by atoms with van der Waals surface area (Å²) in [5, 5.41) is 0. The second-order valence-corrected chi connectivity index (χ2v) is 37.1. The van der Waals surface area contributed by atoms with Gasteiger partial charge in [-0.1, -0.05) is 18.6 Å². The van der Waals surface area contributed by atoms with Crippen LogP contribution in [0.5, 0.6) is 0 Å². The molecule has 1 saturated carbocycles. The second kappa shape index (κ2) is 10.3. The Kier molecular flexibility index (Phi) is 9.39. The van der Waals surface area contributed by atoms with Crippen LogP contribution in [-0.2, 0) is 20.6 Å². The van der Waals surface area contributed by atoms with Crippen LogP contribution in [0.25, 0.3) is 0 Å². The summed E-state index contributed by atoms with van der Waals surface area (Å²) in [6.45, 7) is 28.6. The van der Waals surface area contributed by atoms with Gasteiger partial charge in [0.2, 0.25) is 0 Å². The molecule has 3 unspecified atom stereocenters. The molecular formula is C22H52O5Si6. The molecule has 0 spiro atoms. The fourth-order valence-electron chi connectivity index (χ4n) is 6.07. The molecule has 0 radical (unpaired) electrons. The normalized spacial score (nSPS) is 24.7. The van der Waals surface area contributed by atoms with Crippen LogP contribution in [0.1, 0.15) is 19.3 Å². The lowest BCUT2D eigenvalue weighted by Crippen LogP contribution is -2.59. The van der Waals surface area contributed by atoms with Crippen molar-refractivity contribution < 1.29 is 20.6 Å². The molecule has 2 aliphatic carbocycles. The molecule has 0 aromatic carbocycles. The molecule has 194 valence electrons. The number of hydrogen-bond donors (Lipinski definition) is 0. The third kappa shape index (κ3) is 10.8. The van der Waals surface area contributed by atoms with Gasteiger partial charge in [-0.15, -0.1) is 0 Å². The molecule has 0 N–H and O–H groups in total. The molecule has 1 fully saturated rings. The largest absolute Gasteiger partial charge is 0.437 e. The molecule has 33 heavy (non-hydrogen) atoms. The Labute approximate surface area is 211 Å². The van der Waals surface area contributed by atoms with Gasteiger partial charge in [0.15, 0.2) is 16.6 Å². The SMILES string of the molecule is C[Si](C)(C)O[Si](C)(C)O[Si](C)(C)O[Si](C)(C)O[Si](C)(C)O[Si](C)(C)CCC1CC2C=CC1C2. The van der Waals surface area contributed by atoms with Crippen LogP contribution in [0.2, 0.25) is 91.2 Å². The van der Waals surface area contributed by atoms with Gasteiger partial charge in [0.25, 0.3) is 0 Å². The van der Waals surface area contributed by atoms with Gasteiger partial charge >= 0.3 is 34.2 Å². The Morgan fingerprint density at radius 1 is 0.576 bits per heavy atom. The molecule has 3 atom stereocenters. The lowest BCUT2D eigenvalue weighted by Gasteiger charge is -2.43. The molecule has 0 saturated heterocycles. The van der Waals surface area contributed by atoms with Gasteiger partial charge in [0.05, 0.1) is 0 Å². The van der Waals surface area contributed by atoms with E-state index in [2.05, 4.69) is 97.3 Å². The predicted molar refractivity (Wildman–Crippen MR) is 154 cm³/mol. The number of allylic oxidation sites excluding steroid dienone is 2. The van der Waals surface area contributed by atoms with Crippen molar-refractivity contribution >= 4 is 50.9 Å². The fourth-order valence-corrected chi connectivity index (χ4v) is 35.1. The smallest absolute Gasteiger partial charge is 0.314 e. The van der Waals surface area contributed by atoms with Crippen LogP contribution in [0.3, 0.4) is 0 Å². The van der Waals surface area contributed by atoms with Gasteiger partial charge in [-0.25, -0.2) is 0 Å². The second-order valence-electron chi connectivity index (χ2n) is 13.6. The van der Waals surface area contributed by atoms with E-state index in [1.807, 2.05) is 0 Å². The average molecular weight is 565 g/mol. The molecule has 0 heterocycles. The number of hydrogen-bond acceptors (Lipinski definition) is 5. The van der Waals surface area contributed by atoms with Crippen LogP contribution in [0, 0.1) is 17.8 Å². The highest BCUT2D eigenvalue weighted by molar-refractivity contribution is 6.91. The van der Waals surface area contributed by atoms with Crippen molar-refractivity contribution in [1.29, 1.82) is 0 Å². The first-order valence-corrected chi connectivity index (χ1v) is 30.6. The molecule has 2 aliphatic rings. The number of rotatable bonds is 13. The van der Waals surface area contributed by atoms with E-state index in [4.69, 9.17) is 20.6 Å². The minimum atomic E-state index is -2.43. The molecule has 2 rings (SSSR count). The molecule has 11 heteroatoms. The van der Waals surface area contributed by atoms with Crippen LogP contribution in [-0.4, -0.2) is 50.9 Å². The maximum absolute atomic E-state index is 6.84. The van der Waals surface area contributed by atoms with E-state index < -0.39 is 50.9 Å². The minimum absolute atomic E-state index is 0.825. The van der Waals surface area contributed by atoms with Gasteiger partial charge < -0.3 is 20.6 Å². The average Bonchev–Trinajstić information content (AvgIpc) is 3.07. The lowest BCUT2D eigenvalue weighted by molar-refractivity contribution is 0.281. The van der Waals surface area contributed by atoms with E-state index in [1.54, 1.807) is 0 Å². The molecule has 5 nitrogen and oxygen atoms in total. The summed E-state index contributed by atoms with van der Waals surface area (Å²) in [6.07, 6.45) is 8.98. The van der Waals surface area contributed by atoms with E-state index in [9.17, 15) is 0 Å². The Balaban J connectivity index is 1.90. The number of fused-ring (bicyclic) bond motifs is 2. The summed E-state index contributed by atoms with van der Waals surface area (Å²) in [6, 6.07) is 1.22. The third-order valence-corrected chi connectivity index (χ3v) is 28.0. The molecular weight excluding hydrogens is 513 g/mol. The summed E-state index contributed by atoms with van der Waals surface area (Å²) < 4.78 is 33.2.